The van der Waals surface area contributed by atoms with E-state index >= 15 is 0 Å². The van der Waals surface area contributed by atoms with Gasteiger partial charge in [0, 0.05) is 33.5 Å². The summed E-state index contributed by atoms with van der Waals surface area (Å²) in [6.07, 6.45) is 14.3. The summed E-state index contributed by atoms with van der Waals surface area (Å²) in [7, 11) is 0. The Hall–Kier alpha value is -1.97. The highest BCUT2D eigenvalue weighted by molar-refractivity contribution is 8.13. The molecule has 2 N–H and O–H groups in total. The summed E-state index contributed by atoms with van der Waals surface area (Å²) in [5.74, 6) is -1.07. The molecule has 8 aliphatic carbocycles. The van der Waals surface area contributed by atoms with Crippen LogP contribution in [-0.2, 0) is 38.1 Å². The number of carbonyl (C=O) groups is 4. The molecule has 62 heavy (non-hydrogen) atoms. The van der Waals surface area contributed by atoms with Gasteiger partial charge < -0.3 is 29.2 Å². The molecule has 0 unspecified atom stereocenters. The van der Waals surface area contributed by atoms with Gasteiger partial charge in [-0.1, -0.05) is 77.6 Å². The van der Waals surface area contributed by atoms with E-state index in [1.807, 2.05) is 32.9 Å². The smallest absolute Gasteiger partial charge is 0.226 e. The molecular weight excluding hydrogens is 832 g/mol. The molecule has 0 aromatic carbocycles. The van der Waals surface area contributed by atoms with Crippen LogP contribution in [-0.4, -0.2) is 85.2 Å². The van der Waals surface area contributed by atoms with Gasteiger partial charge in [-0.25, -0.2) is 4.39 Å². The molecule has 2 heterocycles. The van der Waals surface area contributed by atoms with Crippen LogP contribution in [0.5, 0.6) is 0 Å². The lowest BCUT2D eigenvalue weighted by atomic mass is 9.46. The Kier molecular flexibility index (Phi) is 11.8. The molecule has 2 aliphatic heterocycles. The number of halogens is 1. The summed E-state index contributed by atoms with van der Waals surface area (Å²) < 4.78 is 38.4. The molecule has 13 heteroatoms. The number of aliphatic hydroxyl groups is 2. The minimum absolute atomic E-state index is 0. The molecule has 0 radical (unpaired) electrons. The second-order valence-corrected chi connectivity index (χ2v) is 22.7. The average molecular weight is 901 g/mol. The van der Waals surface area contributed by atoms with E-state index in [0.29, 0.717) is 31.0 Å². The highest BCUT2D eigenvalue weighted by Crippen LogP contribution is 2.72. The first-order valence-corrected chi connectivity index (χ1v) is 23.3. The van der Waals surface area contributed by atoms with Crippen molar-refractivity contribution in [3.8, 4) is 0 Å². The molecular formula is C49H69FO10S2. The van der Waals surface area contributed by atoms with Crippen molar-refractivity contribution in [2.45, 2.75) is 169 Å². The number of thioether (sulfide) groups is 1. The predicted octanol–water partition coefficient (Wildman–Crippen LogP) is 8.45. The first kappa shape index (κ1) is 48.0. The summed E-state index contributed by atoms with van der Waals surface area (Å²) in [5.41, 5.74) is -2.08. The van der Waals surface area contributed by atoms with Crippen LogP contribution in [0.4, 0.5) is 4.39 Å². The molecule has 8 fully saturated rings. The Morgan fingerprint density at radius 3 is 1.55 bits per heavy atom. The lowest BCUT2D eigenvalue weighted by Gasteiger charge is -2.59. The maximum Gasteiger partial charge on any atom is 0.226 e. The first-order valence-electron chi connectivity index (χ1n) is 21.9. The topological polar surface area (TPSA) is 146 Å². The van der Waals surface area contributed by atoms with Crippen LogP contribution in [0.15, 0.2) is 47.6 Å². The fraction of sp³-hybridized carbons (Fsp3) is 0.755. The zero-order chi connectivity index (χ0) is 43.4. The van der Waals surface area contributed by atoms with E-state index in [0.717, 1.165) is 43.3 Å². The number of ketones is 2. The van der Waals surface area contributed by atoms with Crippen molar-refractivity contribution in [2.75, 3.05) is 6.01 Å². The molecule has 10 nitrogen and oxygen atoms in total. The predicted molar refractivity (Wildman–Crippen MR) is 238 cm³/mol. The fourth-order valence-corrected chi connectivity index (χ4v) is 16.9. The van der Waals surface area contributed by atoms with Crippen LogP contribution in [0.2, 0.25) is 0 Å². The van der Waals surface area contributed by atoms with Gasteiger partial charge in [-0.15, -0.1) is 12.6 Å². The van der Waals surface area contributed by atoms with Gasteiger partial charge in [0.2, 0.25) is 10.2 Å². The zero-order valence-corrected chi connectivity index (χ0v) is 37.7. The highest BCUT2D eigenvalue weighted by Gasteiger charge is 2.78. The second kappa shape index (κ2) is 15.3. The number of fused-ring (bicyclic) bond motifs is 14. The second-order valence-electron chi connectivity index (χ2n) is 21.4. The van der Waals surface area contributed by atoms with E-state index < -0.39 is 57.9 Å². The van der Waals surface area contributed by atoms with Crippen LogP contribution >= 0.6 is 24.4 Å². The number of aliphatic hydroxyl groups excluding tert-OH is 2. The van der Waals surface area contributed by atoms with Gasteiger partial charge in [0.15, 0.2) is 34.3 Å². The van der Waals surface area contributed by atoms with E-state index in [-0.39, 0.29) is 89.1 Å². The minimum Gasteiger partial charge on any atom is -0.393 e. The van der Waals surface area contributed by atoms with Crippen molar-refractivity contribution in [2.24, 2.45) is 57.2 Å². The number of alkyl halides is 1. The number of allylic oxidation sites excluding steroid dienone is 8. The molecule has 0 aromatic rings. The molecule has 0 bridgehead atoms. The standard InChI is InChI=1S/C24H31FO5S.C23H30O5S.2CH4/c1-21(2)29-18-10-16-15-6-5-13-9-14(26)7-8-22(13,3)19(15)17(27)11-23(16,4)24(18,30-21)20(28)31-12-25;1-20(2)27-17-10-15-14-6-5-12-9-13(24)7-8-21(12,3)18(14)16(25)11-22(15,4)23(17,28-20)19(26)29;;/h7-9,15-19,27H,5-6,10-12H2,1-4H3;7-9,14-18,25H,5-6,10-11H2,1-4H3,(H,26,29);2*1H4/t15-,16-,17-,18+,19+,22-,23-,24-;14-,15-,16-,17+,18+,21-,22-,23-;;/m00../s1. The number of rotatable bonds is 3. The van der Waals surface area contributed by atoms with Crippen LogP contribution in [0, 0.1) is 57.2 Å². The van der Waals surface area contributed by atoms with E-state index in [1.54, 1.807) is 38.2 Å². The quantitative estimate of drug-likeness (QED) is 0.235. The Balaban J connectivity index is 0.000000181. The Morgan fingerprint density at radius 1 is 0.726 bits per heavy atom. The van der Waals surface area contributed by atoms with E-state index in [4.69, 9.17) is 18.9 Å². The third-order valence-corrected chi connectivity index (χ3v) is 18.8. The zero-order valence-electron chi connectivity index (χ0n) is 36.0. The molecule has 6 saturated carbocycles. The van der Waals surface area contributed by atoms with Crippen molar-refractivity contribution >= 4 is 46.2 Å². The van der Waals surface area contributed by atoms with Crippen LogP contribution < -0.4 is 0 Å². The van der Waals surface area contributed by atoms with Crippen molar-refractivity contribution in [3.05, 3.63) is 47.6 Å². The van der Waals surface area contributed by atoms with Gasteiger partial charge in [0.1, 0.15) is 6.01 Å². The number of thiol groups is 1. The van der Waals surface area contributed by atoms with E-state index in [1.165, 1.54) is 0 Å². The van der Waals surface area contributed by atoms with Crippen molar-refractivity contribution in [1.82, 2.24) is 0 Å². The monoisotopic (exact) mass is 900 g/mol. The van der Waals surface area contributed by atoms with Crippen molar-refractivity contribution < 1.29 is 52.7 Å². The Labute approximate surface area is 377 Å². The van der Waals surface area contributed by atoms with Gasteiger partial charge in [0.25, 0.3) is 0 Å². The summed E-state index contributed by atoms with van der Waals surface area (Å²) in [6.45, 7) is 15.7. The fourth-order valence-electron chi connectivity index (χ4n) is 15.7. The average Bonchev–Trinajstić information content (AvgIpc) is 3.77. The maximum absolute atomic E-state index is 13.4. The number of ether oxygens (including phenoxy) is 4. The lowest BCUT2D eigenvalue weighted by molar-refractivity contribution is -0.221. The number of hydrogen-bond donors (Lipinski definition) is 3. The molecule has 2 saturated heterocycles. The van der Waals surface area contributed by atoms with Crippen LogP contribution in [0.25, 0.3) is 0 Å². The largest absolute Gasteiger partial charge is 0.393 e. The maximum atomic E-state index is 13.4. The summed E-state index contributed by atoms with van der Waals surface area (Å²) in [5, 5.41) is 22.4. The summed E-state index contributed by atoms with van der Waals surface area (Å²) >= 11 is 4.92. The van der Waals surface area contributed by atoms with Gasteiger partial charge in [-0.2, -0.15) is 0 Å². The van der Waals surface area contributed by atoms with Crippen LogP contribution in [0.1, 0.15) is 122 Å². The highest BCUT2D eigenvalue weighted by atomic mass is 32.2. The minimum atomic E-state index is -1.26. The molecule has 16 atom stereocenters. The molecule has 0 spiro atoms. The Morgan fingerprint density at radius 2 is 1.13 bits per heavy atom. The molecule has 10 aliphatic rings. The number of carbonyl (C=O) groups excluding carboxylic acids is 4. The molecule has 10 rings (SSSR count). The van der Waals surface area contributed by atoms with Crippen molar-refractivity contribution in [1.29, 1.82) is 0 Å². The van der Waals surface area contributed by atoms with Crippen molar-refractivity contribution in [3.63, 3.8) is 0 Å². The lowest BCUT2D eigenvalue weighted by Crippen LogP contribution is -2.63. The SMILES string of the molecule is C.C.CC1(C)O[C@@H]2C[C@H]3[C@@H]4CCC5=CC(=O)C=C[C@]5(C)[C@H]4[C@@H](O)C[C@]3(C)[C@]2(C(=O)S)O1.CC1(C)O[C@@H]2C[C@H]3[C@@H]4CCC5=CC(=O)C=C[C@]5(C)[C@H]4[C@@H](O)C[C@]3(C)[C@]2(C(=O)SCF)O1. The van der Waals surface area contributed by atoms with Gasteiger partial charge in [0.05, 0.1) is 24.4 Å². The van der Waals surface area contributed by atoms with Gasteiger partial charge >= 0.3 is 0 Å². The number of hydrogen-bond acceptors (Lipinski definition) is 11. The van der Waals surface area contributed by atoms with Gasteiger partial charge in [-0.05, 0) is 127 Å². The van der Waals surface area contributed by atoms with Crippen LogP contribution in [0.3, 0.4) is 0 Å². The normalized spacial score (nSPS) is 49.3. The first-order chi connectivity index (χ1) is 27.9. The molecule has 0 aromatic heterocycles. The van der Waals surface area contributed by atoms with E-state index in [9.17, 15) is 33.8 Å². The van der Waals surface area contributed by atoms with E-state index in [2.05, 4.69) is 33.4 Å². The Bertz CT molecular complexity index is 2050. The summed E-state index contributed by atoms with van der Waals surface area (Å²) in [4.78, 5) is 50.2. The third-order valence-electron chi connectivity index (χ3n) is 17.8. The van der Waals surface area contributed by atoms with Gasteiger partial charge in [-0.3, -0.25) is 19.2 Å². The molecule has 344 valence electrons. The third kappa shape index (κ3) is 6.30. The summed E-state index contributed by atoms with van der Waals surface area (Å²) in [6, 6.07) is -0.808. The molecule has 0 amide bonds.